The number of carbonyl (C=O) groups excluding carboxylic acids is 1. The molecule has 20 heavy (non-hydrogen) atoms. The fourth-order valence-electron chi connectivity index (χ4n) is 2.53. The van der Waals surface area contributed by atoms with Gasteiger partial charge in [-0.15, -0.1) is 11.3 Å². The number of anilines is 1. The van der Waals surface area contributed by atoms with Gasteiger partial charge >= 0.3 is 0 Å². The minimum Gasteiger partial charge on any atom is -0.373 e. The van der Waals surface area contributed by atoms with Gasteiger partial charge in [-0.3, -0.25) is 4.79 Å². The number of amides is 1. The van der Waals surface area contributed by atoms with Crippen LogP contribution in [0.15, 0.2) is 36.4 Å². The molecular weight excluding hydrogens is 268 g/mol. The number of aryl methyl sites for hydroxylation is 1. The Kier molecular flexibility index (Phi) is 3.49. The SMILES string of the molecule is Cc1ccc(C(C)NC(=O)[C@@H]2Cc3ccccc3N2)s1. The van der Waals surface area contributed by atoms with Crippen molar-refractivity contribution in [1.82, 2.24) is 5.32 Å². The van der Waals surface area contributed by atoms with Gasteiger partial charge in [-0.05, 0) is 37.6 Å². The molecule has 104 valence electrons. The molecule has 2 N–H and O–H groups in total. The summed E-state index contributed by atoms with van der Waals surface area (Å²) in [5.41, 5.74) is 2.29. The maximum absolute atomic E-state index is 12.3. The van der Waals surface area contributed by atoms with Gasteiger partial charge in [0.1, 0.15) is 6.04 Å². The Morgan fingerprint density at radius 3 is 2.85 bits per heavy atom. The molecular formula is C16H18N2OS. The standard InChI is InChI=1S/C16H18N2OS/c1-10-7-8-15(20-10)11(2)17-16(19)14-9-12-5-3-4-6-13(12)18-14/h3-8,11,14,18H,9H2,1-2H3,(H,17,19)/t11?,14-/m0/s1. The van der Waals surface area contributed by atoms with Crippen LogP contribution in [0.4, 0.5) is 5.69 Å². The molecule has 4 heteroatoms. The number of para-hydroxylation sites is 1. The number of nitrogens with one attached hydrogen (secondary N) is 2. The maximum Gasteiger partial charge on any atom is 0.243 e. The summed E-state index contributed by atoms with van der Waals surface area (Å²) in [5, 5.41) is 6.38. The summed E-state index contributed by atoms with van der Waals surface area (Å²) in [6.45, 7) is 4.11. The Bertz CT molecular complexity index is 610. The number of benzene rings is 1. The Labute approximate surface area is 123 Å². The fraction of sp³-hybridized carbons (Fsp3) is 0.312. The van der Waals surface area contributed by atoms with Crippen LogP contribution in [0.25, 0.3) is 0 Å². The summed E-state index contributed by atoms with van der Waals surface area (Å²) in [5.74, 6) is 0.0692. The lowest BCUT2D eigenvalue weighted by atomic mass is 10.1. The minimum atomic E-state index is -0.157. The molecule has 1 aromatic carbocycles. The first-order valence-corrected chi connectivity index (χ1v) is 7.66. The molecule has 1 aliphatic rings. The number of fused-ring (bicyclic) bond motifs is 1. The predicted octanol–water partition coefficient (Wildman–Crippen LogP) is 3.27. The molecule has 1 aliphatic heterocycles. The Morgan fingerprint density at radius 2 is 2.15 bits per heavy atom. The lowest BCUT2D eigenvalue weighted by molar-refractivity contribution is -0.122. The highest BCUT2D eigenvalue weighted by Gasteiger charge is 2.27. The second-order valence-corrected chi connectivity index (χ2v) is 6.56. The van der Waals surface area contributed by atoms with Crippen LogP contribution in [-0.4, -0.2) is 11.9 Å². The zero-order valence-electron chi connectivity index (χ0n) is 11.6. The van der Waals surface area contributed by atoms with Crippen molar-refractivity contribution in [3.05, 3.63) is 51.7 Å². The largest absolute Gasteiger partial charge is 0.373 e. The van der Waals surface area contributed by atoms with Crippen LogP contribution in [0.5, 0.6) is 0 Å². The summed E-state index contributed by atoms with van der Waals surface area (Å²) in [6, 6.07) is 12.2. The lowest BCUT2D eigenvalue weighted by Crippen LogP contribution is -2.39. The van der Waals surface area contributed by atoms with E-state index in [-0.39, 0.29) is 18.0 Å². The third-order valence-electron chi connectivity index (χ3n) is 3.63. The van der Waals surface area contributed by atoms with Gasteiger partial charge in [-0.25, -0.2) is 0 Å². The molecule has 0 spiro atoms. The normalized spacial score (nSPS) is 18.2. The van der Waals surface area contributed by atoms with Crippen LogP contribution in [0.3, 0.4) is 0 Å². The van der Waals surface area contributed by atoms with Gasteiger partial charge in [-0.1, -0.05) is 18.2 Å². The van der Waals surface area contributed by atoms with Gasteiger partial charge in [0.25, 0.3) is 0 Å². The van der Waals surface area contributed by atoms with Gasteiger partial charge < -0.3 is 10.6 Å². The van der Waals surface area contributed by atoms with Crippen LogP contribution in [0.1, 0.15) is 28.3 Å². The highest BCUT2D eigenvalue weighted by Crippen LogP contribution is 2.26. The second kappa shape index (κ2) is 5.29. The van der Waals surface area contributed by atoms with Gasteiger partial charge in [0.05, 0.1) is 6.04 Å². The smallest absolute Gasteiger partial charge is 0.243 e. The van der Waals surface area contributed by atoms with Crippen molar-refractivity contribution in [2.24, 2.45) is 0 Å². The highest BCUT2D eigenvalue weighted by atomic mass is 32.1. The molecule has 1 unspecified atom stereocenters. The Hall–Kier alpha value is -1.81. The fourth-order valence-corrected chi connectivity index (χ4v) is 3.41. The van der Waals surface area contributed by atoms with Crippen molar-refractivity contribution in [3.63, 3.8) is 0 Å². The number of carbonyl (C=O) groups is 1. The molecule has 0 saturated heterocycles. The van der Waals surface area contributed by atoms with Crippen molar-refractivity contribution in [2.45, 2.75) is 32.4 Å². The summed E-state index contributed by atoms with van der Waals surface area (Å²) < 4.78 is 0. The molecule has 2 atom stereocenters. The van der Waals surface area contributed by atoms with E-state index in [4.69, 9.17) is 0 Å². The third kappa shape index (κ3) is 2.56. The van der Waals surface area contributed by atoms with E-state index in [9.17, 15) is 4.79 Å². The average Bonchev–Trinajstić information content (AvgIpc) is 3.04. The van der Waals surface area contributed by atoms with Crippen LogP contribution >= 0.6 is 11.3 Å². The van der Waals surface area contributed by atoms with Gasteiger partial charge in [-0.2, -0.15) is 0 Å². The second-order valence-electron chi connectivity index (χ2n) is 5.24. The molecule has 1 amide bonds. The predicted molar refractivity (Wildman–Crippen MR) is 83.2 cm³/mol. The van der Waals surface area contributed by atoms with Gasteiger partial charge in [0.15, 0.2) is 0 Å². The van der Waals surface area contributed by atoms with E-state index >= 15 is 0 Å². The summed E-state index contributed by atoms with van der Waals surface area (Å²) in [7, 11) is 0. The van der Waals surface area contributed by atoms with Gasteiger partial charge in [0.2, 0.25) is 5.91 Å². The number of rotatable bonds is 3. The highest BCUT2D eigenvalue weighted by molar-refractivity contribution is 7.12. The van der Waals surface area contributed by atoms with Crippen LogP contribution in [0, 0.1) is 6.92 Å². The molecule has 3 nitrogen and oxygen atoms in total. The van der Waals surface area contributed by atoms with Crippen molar-refractivity contribution in [2.75, 3.05) is 5.32 Å². The lowest BCUT2D eigenvalue weighted by Gasteiger charge is -2.16. The maximum atomic E-state index is 12.3. The molecule has 0 bridgehead atoms. The molecule has 1 aromatic heterocycles. The van der Waals surface area contributed by atoms with Crippen LogP contribution < -0.4 is 10.6 Å². The first-order valence-electron chi connectivity index (χ1n) is 6.84. The van der Waals surface area contributed by atoms with Crippen molar-refractivity contribution in [3.8, 4) is 0 Å². The average molecular weight is 286 g/mol. The first-order chi connectivity index (χ1) is 9.63. The monoisotopic (exact) mass is 286 g/mol. The topological polar surface area (TPSA) is 41.1 Å². The van der Waals surface area contributed by atoms with Crippen LogP contribution in [-0.2, 0) is 11.2 Å². The quantitative estimate of drug-likeness (QED) is 0.909. The van der Waals surface area contributed by atoms with E-state index in [2.05, 4.69) is 35.8 Å². The summed E-state index contributed by atoms with van der Waals surface area (Å²) in [4.78, 5) is 14.8. The molecule has 2 aromatic rings. The van der Waals surface area contributed by atoms with Crippen molar-refractivity contribution < 1.29 is 4.79 Å². The van der Waals surface area contributed by atoms with E-state index in [1.807, 2.05) is 25.1 Å². The van der Waals surface area contributed by atoms with Gasteiger partial charge in [0, 0.05) is 21.9 Å². The number of thiophene rings is 1. The van der Waals surface area contributed by atoms with E-state index in [1.165, 1.54) is 15.3 Å². The molecule has 0 saturated carbocycles. The van der Waals surface area contributed by atoms with E-state index in [1.54, 1.807) is 11.3 Å². The van der Waals surface area contributed by atoms with Crippen LogP contribution in [0.2, 0.25) is 0 Å². The molecule has 3 rings (SSSR count). The third-order valence-corrected chi connectivity index (χ3v) is 4.82. The zero-order chi connectivity index (χ0) is 14.1. The number of hydrogen-bond donors (Lipinski definition) is 2. The number of hydrogen-bond acceptors (Lipinski definition) is 3. The van der Waals surface area contributed by atoms with E-state index in [0.29, 0.717) is 0 Å². The Balaban J connectivity index is 1.64. The summed E-state index contributed by atoms with van der Waals surface area (Å²) in [6.07, 6.45) is 0.762. The van der Waals surface area contributed by atoms with Crippen molar-refractivity contribution in [1.29, 1.82) is 0 Å². The minimum absolute atomic E-state index is 0.0618. The molecule has 0 fully saturated rings. The molecule has 0 aliphatic carbocycles. The van der Waals surface area contributed by atoms with Crippen molar-refractivity contribution >= 4 is 22.9 Å². The molecule has 2 heterocycles. The van der Waals surface area contributed by atoms with E-state index < -0.39 is 0 Å². The Morgan fingerprint density at radius 1 is 1.35 bits per heavy atom. The summed E-state index contributed by atoms with van der Waals surface area (Å²) >= 11 is 1.73. The van der Waals surface area contributed by atoms with E-state index in [0.717, 1.165) is 12.1 Å². The first kappa shape index (κ1) is 13.2. The molecule has 0 radical (unpaired) electrons. The zero-order valence-corrected chi connectivity index (χ0v) is 12.5.